The van der Waals surface area contributed by atoms with Crippen LogP contribution in [-0.4, -0.2) is 81.3 Å². The topological polar surface area (TPSA) is 201 Å². The van der Waals surface area contributed by atoms with E-state index in [9.17, 15) is 31.5 Å². The number of unbranched alkanes of at least 4 members (excludes halogenated alkanes) is 18. The van der Waals surface area contributed by atoms with E-state index >= 15 is 0 Å². The van der Waals surface area contributed by atoms with Crippen molar-refractivity contribution in [1.82, 2.24) is 6.15 Å². The Bertz CT molecular complexity index is 1120. The van der Waals surface area contributed by atoms with E-state index in [4.69, 9.17) is 13.5 Å². The fourth-order valence-electron chi connectivity index (χ4n) is 4.73. The first-order valence-corrected chi connectivity index (χ1v) is 20.1. The Kier molecular flexibility index (Phi) is 35.4. The first-order chi connectivity index (χ1) is 22.0. The molecular formula is C34H63NNaO10S2. The summed E-state index contributed by atoms with van der Waals surface area (Å²) < 4.78 is 64.3. The largest absolute Gasteiger partial charge is 0.550 e. The summed E-state index contributed by atoms with van der Waals surface area (Å²) in [6.07, 6.45) is 22.2. The zero-order valence-corrected chi connectivity index (χ0v) is 33.8. The van der Waals surface area contributed by atoms with Crippen LogP contribution in [0, 0.1) is 0 Å². The maximum atomic E-state index is 11.9. The Hall–Kier alpha value is -1.06. The summed E-state index contributed by atoms with van der Waals surface area (Å²) >= 11 is 0. The van der Waals surface area contributed by atoms with Gasteiger partial charge in [-0.05, 0) is 25.0 Å². The Morgan fingerprint density at radius 2 is 1.04 bits per heavy atom. The molecule has 0 aliphatic carbocycles. The fourth-order valence-corrected chi connectivity index (χ4v) is 6.35. The van der Waals surface area contributed by atoms with E-state index in [0.29, 0.717) is 6.42 Å². The summed E-state index contributed by atoms with van der Waals surface area (Å²) in [6, 6.07) is 8.33. The molecule has 0 saturated carbocycles. The van der Waals surface area contributed by atoms with Crippen LogP contribution in [0.2, 0.25) is 0 Å². The molecule has 14 heteroatoms. The summed E-state index contributed by atoms with van der Waals surface area (Å²) in [4.78, 5) is 22.2. The van der Waals surface area contributed by atoms with Gasteiger partial charge in [0.25, 0.3) is 20.2 Å². The van der Waals surface area contributed by atoms with Gasteiger partial charge in [-0.3, -0.25) is 13.5 Å². The van der Waals surface area contributed by atoms with Crippen LogP contribution in [-0.2, 0) is 38.7 Å². The predicted octanol–water partition coefficient (Wildman–Crippen LogP) is 7.16. The van der Waals surface area contributed by atoms with E-state index in [1.54, 1.807) is 30.3 Å². The minimum Gasteiger partial charge on any atom is -0.550 e. The standard InChI is InChI=1S/C18H30O3S.C16H30O7S.H3N.Na/c1-2-3-4-5-6-7-8-9-10-14-17-21-22(19,20)18-15-12-11-13-16-18;1-2-3-4-5-6-7-8-9-10-11-12-23-16(19)14(13-15(17)18)24(20,21)22;;/h11-13,15-16H,2-10,14,17H2,1H3;14H,2-13H2,1H3,(H,17,18)(H,20,21,22);1H3;. The van der Waals surface area contributed by atoms with Gasteiger partial charge in [0.1, 0.15) is 0 Å². The van der Waals surface area contributed by atoms with E-state index < -0.39 is 43.8 Å². The SMILES string of the molecule is CCCCCCCCCCCCOC(=O)C(CC(=O)[O-])S(=O)(=O)O.CCCCCCCCCCCCOS(=O)(=O)c1ccccc1.[NH4+].[Na]. The second kappa shape index (κ2) is 33.1. The maximum absolute atomic E-state index is 11.9. The maximum Gasteiger partial charge on any atom is 0.327 e. The van der Waals surface area contributed by atoms with Gasteiger partial charge in [-0.1, -0.05) is 148 Å². The van der Waals surface area contributed by atoms with Gasteiger partial charge in [-0.25, -0.2) is 0 Å². The van der Waals surface area contributed by atoms with Gasteiger partial charge in [0.05, 0.1) is 18.1 Å². The number of benzene rings is 1. The number of ether oxygens (including phenoxy) is 1. The summed E-state index contributed by atoms with van der Waals surface area (Å²) in [5.74, 6) is -2.99. The Labute approximate surface area is 313 Å². The second-order valence-corrected chi connectivity index (χ2v) is 14.9. The number of rotatable bonds is 28. The summed E-state index contributed by atoms with van der Waals surface area (Å²) in [5.41, 5.74) is 0. The number of hydrogen-bond acceptors (Lipinski definition) is 9. The molecule has 0 amide bonds. The number of carboxylic acids is 1. The van der Waals surface area contributed by atoms with E-state index in [1.165, 1.54) is 89.9 Å². The molecule has 0 aromatic heterocycles. The normalized spacial score (nSPS) is 11.7. The number of carboxylic acid groups (broad SMARTS) is 1. The molecule has 1 rings (SSSR count). The number of esters is 1. The molecule has 1 aromatic rings. The van der Waals surface area contributed by atoms with Crippen LogP contribution in [0.4, 0.5) is 0 Å². The Morgan fingerprint density at radius 3 is 1.42 bits per heavy atom. The number of hydrogen-bond donors (Lipinski definition) is 2. The molecule has 0 fully saturated rings. The van der Waals surface area contributed by atoms with Crippen molar-refractivity contribution in [3.8, 4) is 0 Å². The molecule has 48 heavy (non-hydrogen) atoms. The molecule has 5 N–H and O–H groups in total. The molecule has 11 nitrogen and oxygen atoms in total. The quantitative estimate of drug-likeness (QED) is 0.0293. The zero-order chi connectivity index (χ0) is 34.5. The molecule has 1 aromatic carbocycles. The average Bonchev–Trinajstić information content (AvgIpc) is 3.01. The molecule has 0 aliphatic rings. The van der Waals surface area contributed by atoms with E-state index in [-0.39, 0.29) is 53.8 Å². The van der Waals surface area contributed by atoms with Crippen LogP contribution in [0.1, 0.15) is 149 Å². The van der Waals surface area contributed by atoms with E-state index in [1.807, 2.05) is 0 Å². The minimum atomic E-state index is -4.82. The Balaban J connectivity index is -0.000000812. The van der Waals surface area contributed by atoms with Crippen LogP contribution in [0.15, 0.2) is 35.2 Å². The van der Waals surface area contributed by atoms with Crippen molar-refractivity contribution >= 4 is 61.7 Å². The van der Waals surface area contributed by atoms with Gasteiger partial charge >= 0.3 is 5.97 Å². The molecule has 277 valence electrons. The molecule has 0 saturated heterocycles. The zero-order valence-electron chi connectivity index (χ0n) is 30.2. The molecule has 0 spiro atoms. The molecular weight excluding hydrogens is 669 g/mol. The van der Waals surface area contributed by atoms with Crippen LogP contribution >= 0.6 is 0 Å². The third-order valence-corrected chi connectivity index (χ3v) is 9.89. The van der Waals surface area contributed by atoms with Gasteiger partial charge in [0.2, 0.25) is 0 Å². The smallest absolute Gasteiger partial charge is 0.327 e. The van der Waals surface area contributed by atoms with Crippen molar-refractivity contribution in [2.45, 2.75) is 159 Å². The molecule has 1 atom stereocenters. The summed E-state index contributed by atoms with van der Waals surface area (Å²) in [6.45, 7) is 4.71. The van der Waals surface area contributed by atoms with Crippen LogP contribution < -0.4 is 11.3 Å². The fraction of sp³-hybridized carbons (Fsp3) is 0.765. The van der Waals surface area contributed by atoms with Gasteiger partial charge in [0, 0.05) is 41.9 Å². The first-order valence-electron chi connectivity index (χ1n) is 17.2. The van der Waals surface area contributed by atoms with Gasteiger partial charge in [-0.2, -0.15) is 16.8 Å². The van der Waals surface area contributed by atoms with Gasteiger partial charge < -0.3 is 20.8 Å². The van der Waals surface area contributed by atoms with Gasteiger partial charge in [-0.15, -0.1) is 0 Å². The first kappa shape index (κ1) is 51.3. The van der Waals surface area contributed by atoms with Crippen molar-refractivity contribution in [1.29, 1.82) is 0 Å². The monoisotopic (exact) mass is 732 g/mol. The molecule has 1 radical (unpaired) electrons. The summed E-state index contributed by atoms with van der Waals surface area (Å²) in [7, 11) is -8.39. The molecule has 1 unspecified atom stereocenters. The second-order valence-electron chi connectivity index (χ2n) is 11.7. The summed E-state index contributed by atoms with van der Waals surface area (Å²) in [5, 5.41) is 8.31. The van der Waals surface area contributed by atoms with Crippen molar-refractivity contribution in [3.63, 3.8) is 0 Å². The van der Waals surface area contributed by atoms with E-state index in [2.05, 4.69) is 13.8 Å². The number of quaternary nitrogens is 1. The van der Waals surface area contributed by atoms with Crippen molar-refractivity contribution in [2.75, 3.05) is 13.2 Å². The number of aliphatic carboxylic acids is 1. The third-order valence-electron chi connectivity index (χ3n) is 7.48. The van der Waals surface area contributed by atoms with Gasteiger partial charge in [0.15, 0.2) is 5.25 Å². The average molecular weight is 733 g/mol. The molecule has 0 aliphatic heterocycles. The van der Waals surface area contributed by atoms with Crippen molar-refractivity contribution in [2.24, 2.45) is 0 Å². The van der Waals surface area contributed by atoms with Crippen molar-refractivity contribution < 1.29 is 45.0 Å². The number of carbonyl (C=O) groups is 2. The Morgan fingerprint density at radius 1 is 0.667 bits per heavy atom. The minimum absolute atomic E-state index is 0. The van der Waals surface area contributed by atoms with Crippen LogP contribution in [0.5, 0.6) is 0 Å². The van der Waals surface area contributed by atoms with E-state index in [0.717, 1.165) is 32.1 Å². The molecule has 0 heterocycles. The van der Waals surface area contributed by atoms with Crippen molar-refractivity contribution in [3.05, 3.63) is 30.3 Å². The van der Waals surface area contributed by atoms with Crippen LogP contribution in [0.25, 0.3) is 0 Å². The third kappa shape index (κ3) is 29.8. The predicted molar refractivity (Wildman–Crippen MR) is 191 cm³/mol. The number of carbonyl (C=O) groups excluding carboxylic acids is 2. The van der Waals surface area contributed by atoms with Crippen LogP contribution in [0.3, 0.4) is 0 Å². The molecule has 0 bridgehead atoms.